The molecule has 0 unspecified atom stereocenters. The number of fused-ring (bicyclic) bond motifs is 3. The molecule has 0 spiro atoms. The molecule has 1 aliphatic carbocycles. The van der Waals surface area contributed by atoms with Crippen molar-refractivity contribution in [2.45, 2.75) is 50.6 Å². The fraction of sp³-hybridized carbons (Fsp3) is 0.556. The van der Waals surface area contributed by atoms with Crippen LogP contribution in [-0.4, -0.2) is 22.7 Å². The summed E-state index contributed by atoms with van der Waals surface area (Å²) in [5.41, 5.74) is 4.05. The lowest BCUT2D eigenvalue weighted by atomic mass is 9.79. The van der Waals surface area contributed by atoms with Gasteiger partial charge in [0.05, 0.1) is 12.6 Å². The molecule has 1 aliphatic heterocycles. The summed E-state index contributed by atoms with van der Waals surface area (Å²) in [5.74, 6) is 0.708. The molecular formula is C18H24N2O. The number of H-pyrrole nitrogens is 1. The van der Waals surface area contributed by atoms with Gasteiger partial charge in [-0.2, -0.15) is 0 Å². The van der Waals surface area contributed by atoms with Crippen molar-refractivity contribution in [3.05, 3.63) is 35.5 Å². The Labute approximate surface area is 125 Å². The molecule has 1 aromatic heterocycles. The molecule has 3 nitrogen and oxygen atoms in total. The number of aliphatic hydroxyl groups excluding tert-OH is 1. The average Bonchev–Trinajstić information content (AvgIpc) is 2.93. The normalized spacial score (nSPS) is 26.9. The van der Waals surface area contributed by atoms with Gasteiger partial charge in [0.1, 0.15) is 0 Å². The lowest BCUT2D eigenvalue weighted by molar-refractivity contribution is 0.184. The number of aliphatic hydroxyl groups is 1. The van der Waals surface area contributed by atoms with E-state index in [9.17, 15) is 5.11 Å². The summed E-state index contributed by atoms with van der Waals surface area (Å²) in [6, 6.07) is 9.17. The molecule has 2 heterocycles. The Hall–Kier alpha value is -1.32. The molecule has 3 heteroatoms. The van der Waals surface area contributed by atoms with E-state index in [1.54, 1.807) is 0 Å². The van der Waals surface area contributed by atoms with Gasteiger partial charge in [0.25, 0.3) is 0 Å². The van der Waals surface area contributed by atoms with Gasteiger partial charge in [-0.05, 0) is 36.8 Å². The van der Waals surface area contributed by atoms with Gasteiger partial charge in [0.2, 0.25) is 0 Å². The summed E-state index contributed by atoms with van der Waals surface area (Å²) in [7, 11) is 0. The highest BCUT2D eigenvalue weighted by Crippen LogP contribution is 2.40. The first-order valence-electron chi connectivity index (χ1n) is 8.33. The van der Waals surface area contributed by atoms with E-state index in [1.807, 2.05) is 0 Å². The summed E-state index contributed by atoms with van der Waals surface area (Å²) in [4.78, 5) is 3.66. The van der Waals surface area contributed by atoms with Gasteiger partial charge in [0, 0.05) is 22.6 Å². The fourth-order valence-corrected chi connectivity index (χ4v) is 4.31. The molecule has 112 valence electrons. The van der Waals surface area contributed by atoms with Crippen LogP contribution in [0.25, 0.3) is 10.9 Å². The Morgan fingerprint density at radius 1 is 1.10 bits per heavy atom. The van der Waals surface area contributed by atoms with Crippen LogP contribution in [0, 0.1) is 5.92 Å². The third kappa shape index (κ3) is 2.29. The maximum absolute atomic E-state index is 9.67. The minimum Gasteiger partial charge on any atom is -0.395 e. The monoisotopic (exact) mass is 284 g/mol. The lowest BCUT2D eigenvalue weighted by Gasteiger charge is -2.37. The number of nitrogens with one attached hydrogen (secondary N) is 2. The molecule has 0 amide bonds. The first-order chi connectivity index (χ1) is 10.4. The van der Waals surface area contributed by atoms with E-state index < -0.39 is 0 Å². The van der Waals surface area contributed by atoms with Gasteiger partial charge < -0.3 is 15.4 Å². The van der Waals surface area contributed by atoms with Crippen molar-refractivity contribution in [3.63, 3.8) is 0 Å². The van der Waals surface area contributed by atoms with Gasteiger partial charge in [-0.25, -0.2) is 0 Å². The van der Waals surface area contributed by atoms with E-state index in [0.717, 1.165) is 6.42 Å². The highest BCUT2D eigenvalue weighted by molar-refractivity contribution is 5.85. The summed E-state index contributed by atoms with van der Waals surface area (Å²) in [5, 5.41) is 14.7. The Kier molecular flexibility index (Phi) is 3.48. The smallest absolute Gasteiger partial charge is 0.0588 e. The fourth-order valence-electron chi connectivity index (χ4n) is 4.31. The molecule has 0 saturated heterocycles. The maximum atomic E-state index is 9.67. The predicted molar refractivity (Wildman–Crippen MR) is 85.3 cm³/mol. The van der Waals surface area contributed by atoms with Crippen molar-refractivity contribution in [2.24, 2.45) is 5.92 Å². The van der Waals surface area contributed by atoms with Crippen LogP contribution in [0.4, 0.5) is 0 Å². The van der Waals surface area contributed by atoms with Crippen LogP contribution in [0.15, 0.2) is 24.3 Å². The zero-order valence-corrected chi connectivity index (χ0v) is 12.4. The van der Waals surface area contributed by atoms with Crippen molar-refractivity contribution in [1.29, 1.82) is 0 Å². The molecule has 2 aromatic rings. The van der Waals surface area contributed by atoms with Gasteiger partial charge in [-0.3, -0.25) is 0 Å². The van der Waals surface area contributed by atoms with Crippen molar-refractivity contribution in [3.8, 4) is 0 Å². The zero-order valence-electron chi connectivity index (χ0n) is 12.4. The quantitative estimate of drug-likeness (QED) is 0.792. The molecule has 2 aliphatic rings. The van der Waals surface area contributed by atoms with E-state index >= 15 is 0 Å². The summed E-state index contributed by atoms with van der Waals surface area (Å²) < 4.78 is 0. The number of benzene rings is 1. The third-order valence-electron chi connectivity index (χ3n) is 5.37. The molecule has 0 radical (unpaired) electrons. The molecule has 3 N–H and O–H groups in total. The van der Waals surface area contributed by atoms with Crippen LogP contribution >= 0.6 is 0 Å². The molecule has 2 atom stereocenters. The summed E-state index contributed by atoms with van der Waals surface area (Å²) in [6.45, 7) is 0.224. The molecule has 0 bridgehead atoms. The van der Waals surface area contributed by atoms with Crippen molar-refractivity contribution < 1.29 is 5.11 Å². The van der Waals surface area contributed by atoms with Crippen LogP contribution in [0.2, 0.25) is 0 Å². The predicted octanol–water partition coefficient (Wildman–Crippen LogP) is 3.30. The van der Waals surface area contributed by atoms with Gasteiger partial charge in [-0.1, -0.05) is 37.5 Å². The van der Waals surface area contributed by atoms with Crippen LogP contribution in [-0.2, 0) is 6.42 Å². The Bertz CT molecular complexity index is 627. The zero-order chi connectivity index (χ0) is 14.2. The highest BCUT2D eigenvalue weighted by atomic mass is 16.3. The van der Waals surface area contributed by atoms with Crippen LogP contribution < -0.4 is 5.32 Å². The number of hydrogen-bond donors (Lipinski definition) is 3. The van der Waals surface area contributed by atoms with E-state index in [0.29, 0.717) is 12.0 Å². The second kappa shape index (κ2) is 5.47. The molecule has 1 fully saturated rings. The number of rotatable bonds is 2. The van der Waals surface area contributed by atoms with Crippen molar-refractivity contribution in [1.82, 2.24) is 10.3 Å². The molecule has 4 rings (SSSR count). The summed E-state index contributed by atoms with van der Waals surface area (Å²) >= 11 is 0. The SMILES string of the molecule is OC[C@@H]1Cc2c([nH]c3ccccc23)[C@H](C2CCCCC2)N1. The van der Waals surface area contributed by atoms with Gasteiger partial charge in [0.15, 0.2) is 0 Å². The second-order valence-electron chi connectivity index (χ2n) is 6.69. The topological polar surface area (TPSA) is 48.0 Å². The first-order valence-corrected chi connectivity index (χ1v) is 8.33. The molecule has 1 saturated carbocycles. The number of para-hydroxylation sites is 1. The first kappa shape index (κ1) is 13.4. The Morgan fingerprint density at radius 2 is 1.90 bits per heavy atom. The minimum atomic E-state index is 0.198. The number of aromatic amines is 1. The number of hydrogen-bond acceptors (Lipinski definition) is 2. The van der Waals surface area contributed by atoms with Gasteiger partial charge >= 0.3 is 0 Å². The lowest BCUT2D eigenvalue weighted by Crippen LogP contribution is -2.44. The maximum Gasteiger partial charge on any atom is 0.0588 e. The molecule has 21 heavy (non-hydrogen) atoms. The molecule has 1 aromatic carbocycles. The summed E-state index contributed by atoms with van der Waals surface area (Å²) in [6.07, 6.45) is 7.63. The molecular weight excluding hydrogens is 260 g/mol. The van der Waals surface area contributed by atoms with Crippen molar-refractivity contribution in [2.75, 3.05) is 6.61 Å². The van der Waals surface area contributed by atoms with E-state index in [4.69, 9.17) is 0 Å². The van der Waals surface area contributed by atoms with E-state index in [1.165, 1.54) is 54.3 Å². The standard InChI is InChI=1S/C18H24N2O/c21-11-13-10-15-14-8-4-5-9-16(14)20-18(15)17(19-13)12-6-2-1-3-7-12/h4-5,8-9,12-13,17,19-21H,1-3,6-7,10-11H2/t13-,17-/m0/s1. The third-order valence-corrected chi connectivity index (χ3v) is 5.37. The van der Waals surface area contributed by atoms with E-state index in [-0.39, 0.29) is 12.6 Å². The van der Waals surface area contributed by atoms with Crippen LogP contribution in [0.5, 0.6) is 0 Å². The number of aromatic nitrogens is 1. The van der Waals surface area contributed by atoms with Gasteiger partial charge in [-0.15, -0.1) is 0 Å². The average molecular weight is 284 g/mol. The van der Waals surface area contributed by atoms with Crippen LogP contribution in [0.1, 0.15) is 49.4 Å². The van der Waals surface area contributed by atoms with E-state index in [2.05, 4.69) is 34.6 Å². The van der Waals surface area contributed by atoms with Crippen molar-refractivity contribution >= 4 is 10.9 Å². The second-order valence-corrected chi connectivity index (χ2v) is 6.69. The van der Waals surface area contributed by atoms with Crippen LogP contribution in [0.3, 0.4) is 0 Å². The Morgan fingerprint density at radius 3 is 2.71 bits per heavy atom. The Balaban J connectivity index is 1.78. The highest BCUT2D eigenvalue weighted by Gasteiger charge is 2.34. The minimum absolute atomic E-state index is 0.198. The largest absolute Gasteiger partial charge is 0.395 e.